The van der Waals surface area contributed by atoms with Gasteiger partial charge in [-0.15, -0.1) is 0 Å². The lowest BCUT2D eigenvalue weighted by Crippen LogP contribution is -2.45. The molecule has 0 bridgehead atoms. The number of likely N-dealkylation sites (N-methyl/N-ethyl adjacent to an activating group) is 1. The van der Waals surface area contributed by atoms with Crippen LogP contribution in [0.4, 0.5) is 0 Å². The minimum atomic E-state index is -1.11. The molecule has 5 heteroatoms. The predicted octanol–water partition coefficient (Wildman–Crippen LogP) is 0.679. The van der Waals surface area contributed by atoms with Gasteiger partial charge in [0, 0.05) is 13.2 Å². The number of nitrogens with zero attached hydrogens (tertiary/aromatic N) is 1. The van der Waals surface area contributed by atoms with Gasteiger partial charge in [0.05, 0.1) is 6.10 Å². The lowest BCUT2D eigenvalue weighted by atomic mass is 9.97. The first-order valence-corrected chi connectivity index (χ1v) is 6.24. The summed E-state index contributed by atoms with van der Waals surface area (Å²) >= 11 is 0. The third-order valence-corrected chi connectivity index (χ3v) is 3.26. The highest BCUT2D eigenvalue weighted by atomic mass is 16.5. The molecule has 0 aliphatic carbocycles. The number of carboxylic acid groups (broad SMARTS) is 1. The Hall–Kier alpha value is -0.650. The molecule has 1 fully saturated rings. The Balaban J connectivity index is 2.15. The number of rotatable bonds is 7. The van der Waals surface area contributed by atoms with Crippen LogP contribution in [-0.2, 0) is 9.53 Å². The average molecular weight is 244 g/mol. The van der Waals surface area contributed by atoms with E-state index >= 15 is 0 Å². The van der Waals surface area contributed by atoms with Gasteiger partial charge in [0.1, 0.15) is 5.54 Å². The summed E-state index contributed by atoms with van der Waals surface area (Å²) in [5, 5.41) is 8.88. The lowest BCUT2D eigenvalue weighted by molar-refractivity contribution is -0.142. The van der Waals surface area contributed by atoms with Crippen LogP contribution >= 0.6 is 0 Å². The van der Waals surface area contributed by atoms with Gasteiger partial charge in [0.25, 0.3) is 0 Å². The number of aliphatic carboxylic acids is 1. The number of ether oxygens (including phenoxy) is 1. The third-order valence-electron chi connectivity index (χ3n) is 3.26. The fourth-order valence-electron chi connectivity index (χ4n) is 2.05. The van der Waals surface area contributed by atoms with Crippen molar-refractivity contribution in [2.45, 2.75) is 44.2 Å². The molecule has 0 aromatic rings. The SMILES string of the molecule is CN(CCCC(C)(N)C(=O)O)CC1CCCO1. The summed E-state index contributed by atoms with van der Waals surface area (Å²) in [5.74, 6) is -0.931. The van der Waals surface area contributed by atoms with Gasteiger partial charge < -0.3 is 20.5 Å². The van der Waals surface area contributed by atoms with Crippen molar-refractivity contribution in [1.82, 2.24) is 4.90 Å². The smallest absolute Gasteiger partial charge is 0.323 e. The summed E-state index contributed by atoms with van der Waals surface area (Å²) < 4.78 is 5.55. The summed E-state index contributed by atoms with van der Waals surface area (Å²) in [6, 6.07) is 0. The van der Waals surface area contributed by atoms with Crippen LogP contribution < -0.4 is 5.73 Å². The molecule has 1 rings (SSSR count). The molecule has 1 aliphatic heterocycles. The molecule has 2 atom stereocenters. The van der Waals surface area contributed by atoms with E-state index in [2.05, 4.69) is 4.90 Å². The summed E-state index contributed by atoms with van der Waals surface area (Å²) in [6.45, 7) is 4.22. The molecule has 5 nitrogen and oxygen atoms in total. The van der Waals surface area contributed by atoms with Gasteiger partial charge in [0.15, 0.2) is 0 Å². The van der Waals surface area contributed by atoms with E-state index < -0.39 is 11.5 Å². The minimum Gasteiger partial charge on any atom is -0.480 e. The van der Waals surface area contributed by atoms with E-state index in [9.17, 15) is 4.79 Å². The second-order valence-electron chi connectivity index (χ2n) is 5.22. The average Bonchev–Trinajstić information content (AvgIpc) is 2.69. The van der Waals surface area contributed by atoms with Crippen LogP contribution in [0, 0.1) is 0 Å². The van der Waals surface area contributed by atoms with Crippen LogP contribution in [0.25, 0.3) is 0 Å². The predicted molar refractivity (Wildman–Crippen MR) is 65.9 cm³/mol. The highest BCUT2D eigenvalue weighted by Crippen LogP contribution is 2.14. The fourth-order valence-corrected chi connectivity index (χ4v) is 2.05. The Kier molecular flexibility index (Phi) is 5.36. The third kappa shape index (κ3) is 5.02. The summed E-state index contributed by atoms with van der Waals surface area (Å²) in [5.41, 5.74) is 4.56. The molecule has 1 saturated heterocycles. The van der Waals surface area contributed by atoms with Crippen LogP contribution in [-0.4, -0.2) is 54.4 Å². The Bertz CT molecular complexity index is 250. The summed E-state index contributed by atoms with van der Waals surface area (Å²) in [6.07, 6.45) is 3.93. The second-order valence-corrected chi connectivity index (χ2v) is 5.22. The number of hydrogen-bond acceptors (Lipinski definition) is 4. The highest BCUT2D eigenvalue weighted by Gasteiger charge is 2.27. The van der Waals surface area contributed by atoms with Crippen molar-refractivity contribution in [2.24, 2.45) is 5.73 Å². The van der Waals surface area contributed by atoms with Gasteiger partial charge in [-0.25, -0.2) is 0 Å². The zero-order valence-electron chi connectivity index (χ0n) is 10.8. The van der Waals surface area contributed by atoms with E-state index in [1.54, 1.807) is 6.92 Å². The van der Waals surface area contributed by atoms with Gasteiger partial charge in [-0.3, -0.25) is 4.79 Å². The van der Waals surface area contributed by atoms with Crippen molar-refractivity contribution < 1.29 is 14.6 Å². The van der Waals surface area contributed by atoms with E-state index in [1.165, 1.54) is 0 Å². The monoisotopic (exact) mass is 244 g/mol. The Labute approximate surface area is 103 Å². The van der Waals surface area contributed by atoms with E-state index in [0.717, 1.165) is 39.0 Å². The van der Waals surface area contributed by atoms with Crippen molar-refractivity contribution in [2.75, 3.05) is 26.7 Å². The molecule has 0 saturated carbocycles. The first-order chi connectivity index (χ1) is 7.92. The van der Waals surface area contributed by atoms with Crippen LogP contribution in [0.1, 0.15) is 32.6 Å². The van der Waals surface area contributed by atoms with Gasteiger partial charge in [-0.1, -0.05) is 0 Å². The van der Waals surface area contributed by atoms with Crippen molar-refractivity contribution in [3.8, 4) is 0 Å². The molecule has 3 N–H and O–H groups in total. The van der Waals surface area contributed by atoms with Crippen molar-refractivity contribution in [1.29, 1.82) is 0 Å². The standard InChI is InChI=1S/C12H24N2O3/c1-12(13,11(15)16)6-4-7-14(2)9-10-5-3-8-17-10/h10H,3-9,13H2,1-2H3,(H,15,16). The second kappa shape index (κ2) is 6.33. The molecule has 0 aromatic heterocycles. The Morgan fingerprint density at radius 1 is 1.65 bits per heavy atom. The van der Waals surface area contributed by atoms with E-state index in [-0.39, 0.29) is 0 Å². The molecule has 0 radical (unpaired) electrons. The number of carboxylic acids is 1. The van der Waals surface area contributed by atoms with E-state index in [4.69, 9.17) is 15.6 Å². The first-order valence-electron chi connectivity index (χ1n) is 6.24. The first kappa shape index (κ1) is 14.4. The maximum absolute atomic E-state index is 10.8. The maximum atomic E-state index is 10.8. The van der Waals surface area contributed by atoms with Crippen LogP contribution in [0.5, 0.6) is 0 Å². The molecule has 0 spiro atoms. The van der Waals surface area contributed by atoms with Crippen LogP contribution in [0.15, 0.2) is 0 Å². The number of hydrogen-bond donors (Lipinski definition) is 2. The summed E-state index contributed by atoms with van der Waals surface area (Å²) in [4.78, 5) is 13.0. The zero-order chi connectivity index (χ0) is 12.9. The van der Waals surface area contributed by atoms with Gasteiger partial charge in [-0.2, -0.15) is 0 Å². The minimum absolute atomic E-state index is 0.351. The Morgan fingerprint density at radius 2 is 2.35 bits per heavy atom. The molecule has 1 aliphatic rings. The largest absolute Gasteiger partial charge is 0.480 e. The normalized spacial score (nSPS) is 23.9. The lowest BCUT2D eigenvalue weighted by Gasteiger charge is -2.23. The molecular weight excluding hydrogens is 220 g/mol. The molecule has 17 heavy (non-hydrogen) atoms. The highest BCUT2D eigenvalue weighted by molar-refractivity contribution is 5.77. The van der Waals surface area contributed by atoms with E-state index in [0.29, 0.717) is 12.5 Å². The number of nitrogens with two attached hydrogens (primary N) is 1. The molecule has 1 heterocycles. The summed E-state index contributed by atoms with van der Waals surface area (Å²) in [7, 11) is 2.04. The van der Waals surface area contributed by atoms with Gasteiger partial charge in [-0.05, 0) is 46.2 Å². The van der Waals surface area contributed by atoms with Crippen molar-refractivity contribution in [3.63, 3.8) is 0 Å². The molecule has 0 aromatic carbocycles. The molecule has 100 valence electrons. The molecule has 0 amide bonds. The van der Waals surface area contributed by atoms with Gasteiger partial charge in [0.2, 0.25) is 0 Å². The van der Waals surface area contributed by atoms with Crippen molar-refractivity contribution >= 4 is 5.97 Å². The Morgan fingerprint density at radius 3 is 2.88 bits per heavy atom. The van der Waals surface area contributed by atoms with Gasteiger partial charge >= 0.3 is 5.97 Å². The van der Waals surface area contributed by atoms with E-state index in [1.807, 2.05) is 7.05 Å². The van der Waals surface area contributed by atoms with Crippen molar-refractivity contribution in [3.05, 3.63) is 0 Å². The van der Waals surface area contributed by atoms with Crippen LogP contribution in [0.3, 0.4) is 0 Å². The zero-order valence-corrected chi connectivity index (χ0v) is 10.8. The molecule has 2 unspecified atom stereocenters. The fraction of sp³-hybridized carbons (Fsp3) is 0.917. The number of carbonyl (C=O) groups is 1. The molecular formula is C12H24N2O3. The maximum Gasteiger partial charge on any atom is 0.323 e. The quantitative estimate of drug-likeness (QED) is 0.688. The van der Waals surface area contributed by atoms with Crippen LogP contribution in [0.2, 0.25) is 0 Å². The topological polar surface area (TPSA) is 75.8 Å².